The molecule has 3 aromatic rings. The third kappa shape index (κ3) is 10.9. The molecule has 0 unspecified atom stereocenters. The SMILES string of the molecule is [Ti+2].c1cc[cH-]c1.c1cc[cH-]c1.c1ccccc1. The molecule has 3 aromatic carbocycles. The van der Waals surface area contributed by atoms with Crippen molar-refractivity contribution in [2.45, 2.75) is 0 Å². The molecule has 0 aliphatic carbocycles. The molecule has 0 heterocycles. The first-order chi connectivity index (χ1) is 8.00. The summed E-state index contributed by atoms with van der Waals surface area (Å²) in [5.41, 5.74) is 0. The normalized spacial score (nSPS) is 7.53. The van der Waals surface area contributed by atoms with Gasteiger partial charge >= 0.3 is 21.7 Å². The predicted octanol–water partition coefficient (Wildman–Crippen LogP) is 4.50. The van der Waals surface area contributed by atoms with Crippen molar-refractivity contribution in [2.75, 3.05) is 0 Å². The van der Waals surface area contributed by atoms with Gasteiger partial charge in [-0.15, -0.1) is 0 Å². The van der Waals surface area contributed by atoms with Crippen LogP contribution in [0.3, 0.4) is 0 Å². The molecule has 0 spiro atoms. The van der Waals surface area contributed by atoms with Crippen LogP contribution >= 0.6 is 0 Å². The zero-order valence-corrected chi connectivity index (χ0v) is 11.3. The zero-order chi connectivity index (χ0) is 11.3. The van der Waals surface area contributed by atoms with Gasteiger partial charge in [-0.3, -0.25) is 0 Å². The molecule has 0 radical (unpaired) electrons. The van der Waals surface area contributed by atoms with Crippen LogP contribution in [0.15, 0.2) is 97.1 Å². The Hall–Kier alpha value is -1.37. The summed E-state index contributed by atoms with van der Waals surface area (Å²) in [6, 6.07) is 32.0. The molecule has 0 saturated heterocycles. The molecule has 3 rings (SSSR count). The molecule has 0 N–H and O–H groups in total. The second-order valence-corrected chi connectivity index (χ2v) is 3.08. The van der Waals surface area contributed by atoms with E-state index in [1.165, 1.54) is 0 Å². The molecule has 0 fully saturated rings. The average Bonchev–Trinajstić information content (AvgIpc) is 3.10. The van der Waals surface area contributed by atoms with Crippen molar-refractivity contribution in [3.8, 4) is 0 Å². The Labute approximate surface area is 119 Å². The van der Waals surface area contributed by atoms with Gasteiger partial charge in [-0.25, -0.2) is 24.3 Å². The van der Waals surface area contributed by atoms with Gasteiger partial charge in [-0.1, -0.05) is 36.4 Å². The summed E-state index contributed by atoms with van der Waals surface area (Å²) in [6.07, 6.45) is 0. The molecule has 0 amide bonds. The van der Waals surface area contributed by atoms with E-state index in [-0.39, 0.29) is 21.7 Å². The first kappa shape index (κ1) is 15.6. The van der Waals surface area contributed by atoms with Crippen LogP contribution in [-0.4, -0.2) is 0 Å². The maximum absolute atomic E-state index is 2.00. The quantitative estimate of drug-likeness (QED) is 0.410. The third-order valence-electron chi connectivity index (χ3n) is 1.78. The molecule has 17 heavy (non-hydrogen) atoms. The van der Waals surface area contributed by atoms with E-state index < -0.39 is 0 Å². The van der Waals surface area contributed by atoms with Crippen molar-refractivity contribution in [3.05, 3.63) is 97.1 Å². The summed E-state index contributed by atoms with van der Waals surface area (Å²) in [7, 11) is 0. The van der Waals surface area contributed by atoms with E-state index in [0.29, 0.717) is 0 Å². The van der Waals surface area contributed by atoms with Gasteiger partial charge in [0, 0.05) is 0 Å². The Morgan fingerprint density at radius 1 is 0.353 bits per heavy atom. The van der Waals surface area contributed by atoms with Gasteiger partial charge in [0.1, 0.15) is 0 Å². The van der Waals surface area contributed by atoms with Crippen LogP contribution in [0.4, 0.5) is 0 Å². The monoisotopic (exact) mass is 256 g/mol. The van der Waals surface area contributed by atoms with E-state index in [1.807, 2.05) is 97.1 Å². The van der Waals surface area contributed by atoms with Gasteiger partial charge in [0.2, 0.25) is 0 Å². The summed E-state index contributed by atoms with van der Waals surface area (Å²) >= 11 is 0. The summed E-state index contributed by atoms with van der Waals surface area (Å²) in [4.78, 5) is 0. The fourth-order valence-corrected chi connectivity index (χ4v) is 1.03. The fraction of sp³-hybridized carbons (Fsp3) is 0. The van der Waals surface area contributed by atoms with Crippen molar-refractivity contribution in [1.29, 1.82) is 0 Å². The number of hydrogen-bond acceptors (Lipinski definition) is 0. The summed E-state index contributed by atoms with van der Waals surface area (Å²) < 4.78 is 0. The van der Waals surface area contributed by atoms with Gasteiger partial charge in [0.25, 0.3) is 0 Å². The first-order valence-corrected chi connectivity index (χ1v) is 5.33. The first-order valence-electron chi connectivity index (χ1n) is 5.33. The van der Waals surface area contributed by atoms with Crippen molar-refractivity contribution >= 4 is 0 Å². The van der Waals surface area contributed by atoms with E-state index in [0.717, 1.165) is 0 Å². The Kier molecular flexibility index (Phi) is 11.7. The molecule has 1 heteroatoms. The van der Waals surface area contributed by atoms with Gasteiger partial charge in [0.05, 0.1) is 0 Å². The molecule has 84 valence electrons. The van der Waals surface area contributed by atoms with E-state index in [9.17, 15) is 0 Å². The minimum Gasteiger partial charge on any atom is -0.214 e. The number of rotatable bonds is 0. The minimum absolute atomic E-state index is 0. The molecular formula is C16H16Ti. The second kappa shape index (κ2) is 12.7. The average molecular weight is 256 g/mol. The van der Waals surface area contributed by atoms with Crippen LogP contribution in [0.25, 0.3) is 0 Å². The molecule has 0 bridgehead atoms. The molecule has 0 atom stereocenters. The maximum atomic E-state index is 2.00. The van der Waals surface area contributed by atoms with Crippen molar-refractivity contribution < 1.29 is 21.7 Å². The molecule has 0 aliphatic rings. The standard InChI is InChI=1S/C6H6.2C5H5.Ti/c1-2-4-6-5-3-1;2*1-2-4-5-3-1;/h1-6H;2*1-5H;/q;2*-1;+2. The van der Waals surface area contributed by atoms with Gasteiger partial charge < -0.3 is 0 Å². The van der Waals surface area contributed by atoms with Gasteiger partial charge in [0.15, 0.2) is 0 Å². The number of hydrogen-bond donors (Lipinski definition) is 0. The van der Waals surface area contributed by atoms with Crippen LogP contribution in [0.5, 0.6) is 0 Å². The smallest absolute Gasteiger partial charge is 0.214 e. The van der Waals surface area contributed by atoms with Crippen LogP contribution < -0.4 is 0 Å². The predicted molar refractivity (Wildman–Crippen MR) is 70.5 cm³/mol. The maximum Gasteiger partial charge on any atom is 2.00 e. The molecule has 0 aromatic heterocycles. The van der Waals surface area contributed by atoms with E-state index in [4.69, 9.17) is 0 Å². The molecule has 0 saturated carbocycles. The van der Waals surface area contributed by atoms with E-state index in [1.54, 1.807) is 0 Å². The molecule has 0 nitrogen and oxygen atoms in total. The minimum atomic E-state index is 0. The molecule has 0 aliphatic heterocycles. The zero-order valence-electron chi connectivity index (χ0n) is 9.74. The van der Waals surface area contributed by atoms with Crippen molar-refractivity contribution in [3.63, 3.8) is 0 Å². The fourth-order valence-electron chi connectivity index (χ4n) is 1.03. The van der Waals surface area contributed by atoms with Gasteiger partial charge in [-0.05, 0) is 0 Å². The Morgan fingerprint density at radius 3 is 0.706 bits per heavy atom. The van der Waals surface area contributed by atoms with Crippen molar-refractivity contribution in [1.82, 2.24) is 0 Å². The van der Waals surface area contributed by atoms with Crippen molar-refractivity contribution in [2.24, 2.45) is 0 Å². The summed E-state index contributed by atoms with van der Waals surface area (Å²) in [6.45, 7) is 0. The number of benzene rings is 1. The van der Waals surface area contributed by atoms with Crippen LogP contribution in [0, 0.1) is 0 Å². The second-order valence-electron chi connectivity index (χ2n) is 3.08. The largest absolute Gasteiger partial charge is 2.00 e. The van der Waals surface area contributed by atoms with E-state index in [2.05, 4.69) is 0 Å². The summed E-state index contributed by atoms with van der Waals surface area (Å²) in [5.74, 6) is 0. The third-order valence-corrected chi connectivity index (χ3v) is 1.78. The summed E-state index contributed by atoms with van der Waals surface area (Å²) in [5, 5.41) is 0. The Balaban J connectivity index is 0.000000221. The topological polar surface area (TPSA) is 0 Å². The molecular weight excluding hydrogens is 240 g/mol. The van der Waals surface area contributed by atoms with Crippen LogP contribution in [-0.2, 0) is 21.7 Å². The van der Waals surface area contributed by atoms with E-state index >= 15 is 0 Å². The van der Waals surface area contributed by atoms with Crippen LogP contribution in [0.1, 0.15) is 0 Å². The Morgan fingerprint density at radius 2 is 0.588 bits per heavy atom. The van der Waals surface area contributed by atoms with Crippen LogP contribution in [0.2, 0.25) is 0 Å². The Bertz CT molecular complexity index is 297. The van der Waals surface area contributed by atoms with Gasteiger partial charge in [-0.2, -0.15) is 36.4 Å².